The molecule has 0 spiro atoms. The molecule has 2 aromatic rings. The molecule has 0 radical (unpaired) electrons. The summed E-state index contributed by atoms with van der Waals surface area (Å²) in [6.07, 6.45) is 2.92. The van der Waals surface area contributed by atoms with Gasteiger partial charge in [-0.25, -0.2) is 0 Å². The molecule has 1 atom stereocenters. The molecule has 6 heteroatoms. The number of piperidine rings is 1. The van der Waals surface area contributed by atoms with Crippen molar-refractivity contribution in [3.05, 3.63) is 60.2 Å². The van der Waals surface area contributed by atoms with Crippen LogP contribution in [0.1, 0.15) is 31.2 Å². The summed E-state index contributed by atoms with van der Waals surface area (Å²) in [4.78, 5) is 25.7. The molecule has 2 aromatic carbocycles. The zero-order valence-corrected chi connectivity index (χ0v) is 15.9. The van der Waals surface area contributed by atoms with Crippen molar-refractivity contribution < 1.29 is 19.1 Å². The van der Waals surface area contributed by atoms with Crippen LogP contribution >= 0.6 is 0 Å². The van der Waals surface area contributed by atoms with Crippen molar-refractivity contribution in [2.75, 3.05) is 13.2 Å². The molecule has 3 rings (SSSR count). The highest BCUT2D eigenvalue weighted by molar-refractivity contribution is 5.80. The summed E-state index contributed by atoms with van der Waals surface area (Å²) in [5, 5.41) is 0. The van der Waals surface area contributed by atoms with E-state index in [9.17, 15) is 9.59 Å². The van der Waals surface area contributed by atoms with E-state index in [-0.39, 0.29) is 30.9 Å². The highest BCUT2D eigenvalue weighted by Crippen LogP contribution is 2.28. The van der Waals surface area contributed by atoms with E-state index in [2.05, 4.69) is 0 Å². The minimum atomic E-state index is -0.384. The molecule has 0 aromatic heterocycles. The Bertz CT molecular complexity index is 794. The molecule has 0 saturated carbocycles. The van der Waals surface area contributed by atoms with Gasteiger partial charge in [0.25, 0.3) is 5.91 Å². The molecule has 1 unspecified atom stereocenters. The SMILES string of the molecule is NC(=O)CC1CCCCN1C(=O)COc1ccccc1OCc1ccccc1. The van der Waals surface area contributed by atoms with Gasteiger partial charge in [0.15, 0.2) is 18.1 Å². The van der Waals surface area contributed by atoms with Crippen LogP contribution in [0, 0.1) is 0 Å². The molecule has 1 aliphatic heterocycles. The maximum atomic E-state index is 12.7. The molecule has 2 N–H and O–H groups in total. The Morgan fingerprint density at radius 3 is 2.36 bits per heavy atom. The van der Waals surface area contributed by atoms with E-state index in [1.54, 1.807) is 11.0 Å². The molecular weight excluding hydrogens is 356 g/mol. The van der Waals surface area contributed by atoms with Crippen molar-refractivity contribution in [2.24, 2.45) is 5.73 Å². The molecule has 0 bridgehead atoms. The van der Waals surface area contributed by atoms with Crippen LogP contribution in [0.2, 0.25) is 0 Å². The van der Waals surface area contributed by atoms with E-state index in [1.807, 2.05) is 48.5 Å². The van der Waals surface area contributed by atoms with Gasteiger partial charge >= 0.3 is 0 Å². The summed E-state index contributed by atoms with van der Waals surface area (Å²) in [7, 11) is 0. The lowest BCUT2D eigenvalue weighted by atomic mass is 9.99. The fourth-order valence-electron chi connectivity index (χ4n) is 3.42. The molecule has 1 saturated heterocycles. The van der Waals surface area contributed by atoms with Crippen molar-refractivity contribution in [3.8, 4) is 11.5 Å². The summed E-state index contributed by atoms with van der Waals surface area (Å²) >= 11 is 0. The summed E-state index contributed by atoms with van der Waals surface area (Å²) in [5.74, 6) is 0.593. The lowest BCUT2D eigenvalue weighted by Crippen LogP contribution is -2.47. The van der Waals surface area contributed by atoms with Crippen molar-refractivity contribution >= 4 is 11.8 Å². The highest BCUT2D eigenvalue weighted by atomic mass is 16.5. The van der Waals surface area contributed by atoms with Gasteiger partial charge < -0.3 is 20.1 Å². The van der Waals surface area contributed by atoms with Crippen LogP contribution < -0.4 is 15.2 Å². The van der Waals surface area contributed by atoms with Crippen LogP contribution in [0.4, 0.5) is 0 Å². The van der Waals surface area contributed by atoms with Crippen LogP contribution in [-0.2, 0) is 16.2 Å². The number of rotatable bonds is 8. The van der Waals surface area contributed by atoms with E-state index in [4.69, 9.17) is 15.2 Å². The zero-order chi connectivity index (χ0) is 19.8. The smallest absolute Gasteiger partial charge is 0.260 e. The number of primary amides is 1. The number of hydrogen-bond acceptors (Lipinski definition) is 4. The molecule has 2 amide bonds. The molecule has 1 heterocycles. The minimum absolute atomic E-state index is 0.0963. The number of amides is 2. The van der Waals surface area contributed by atoms with Gasteiger partial charge in [-0.1, -0.05) is 42.5 Å². The van der Waals surface area contributed by atoms with Crippen LogP contribution in [0.5, 0.6) is 11.5 Å². The van der Waals surface area contributed by atoms with E-state index in [0.717, 1.165) is 24.8 Å². The monoisotopic (exact) mass is 382 g/mol. The number of ether oxygens (including phenoxy) is 2. The highest BCUT2D eigenvalue weighted by Gasteiger charge is 2.28. The number of nitrogens with two attached hydrogens (primary N) is 1. The first-order valence-corrected chi connectivity index (χ1v) is 9.60. The first kappa shape index (κ1) is 19.7. The Kier molecular flexibility index (Phi) is 6.89. The lowest BCUT2D eigenvalue weighted by Gasteiger charge is -2.35. The van der Waals surface area contributed by atoms with E-state index in [1.165, 1.54) is 0 Å². The topological polar surface area (TPSA) is 81.9 Å². The van der Waals surface area contributed by atoms with Crippen LogP contribution in [0.15, 0.2) is 54.6 Å². The van der Waals surface area contributed by atoms with Crippen LogP contribution in [0.3, 0.4) is 0 Å². The number of carbonyl (C=O) groups excluding carboxylic acids is 2. The van der Waals surface area contributed by atoms with Crippen molar-refractivity contribution in [1.29, 1.82) is 0 Å². The number of carbonyl (C=O) groups is 2. The Labute approximate surface area is 165 Å². The van der Waals surface area contributed by atoms with Crippen LogP contribution in [-0.4, -0.2) is 35.9 Å². The molecule has 148 valence electrons. The second kappa shape index (κ2) is 9.78. The van der Waals surface area contributed by atoms with Crippen LogP contribution in [0.25, 0.3) is 0 Å². The third kappa shape index (κ3) is 5.49. The van der Waals surface area contributed by atoms with Gasteiger partial charge in [-0.05, 0) is 37.0 Å². The maximum absolute atomic E-state index is 12.7. The molecule has 1 aliphatic rings. The first-order chi connectivity index (χ1) is 13.6. The Balaban J connectivity index is 1.59. The quantitative estimate of drug-likeness (QED) is 0.761. The Hall–Kier alpha value is -3.02. The van der Waals surface area contributed by atoms with Gasteiger partial charge in [0.2, 0.25) is 5.91 Å². The predicted octanol–water partition coefficient (Wildman–Crippen LogP) is 2.90. The third-order valence-corrected chi connectivity index (χ3v) is 4.82. The average molecular weight is 382 g/mol. The average Bonchev–Trinajstić information content (AvgIpc) is 2.72. The fourth-order valence-corrected chi connectivity index (χ4v) is 3.42. The van der Waals surface area contributed by atoms with E-state index < -0.39 is 0 Å². The fraction of sp³-hybridized carbons (Fsp3) is 0.364. The molecule has 0 aliphatic carbocycles. The summed E-state index contributed by atoms with van der Waals surface area (Å²) in [6.45, 7) is 0.954. The second-order valence-corrected chi connectivity index (χ2v) is 6.92. The van der Waals surface area contributed by atoms with Gasteiger partial charge in [0.05, 0.1) is 0 Å². The van der Waals surface area contributed by atoms with E-state index in [0.29, 0.717) is 24.7 Å². The number of nitrogens with zero attached hydrogens (tertiary/aromatic N) is 1. The minimum Gasteiger partial charge on any atom is -0.485 e. The number of likely N-dealkylation sites (tertiary alicyclic amines) is 1. The normalized spacial score (nSPS) is 16.4. The van der Waals surface area contributed by atoms with Gasteiger partial charge in [-0.3, -0.25) is 9.59 Å². The molecular formula is C22H26N2O4. The molecule has 28 heavy (non-hydrogen) atoms. The van der Waals surface area contributed by atoms with Gasteiger partial charge in [-0.2, -0.15) is 0 Å². The summed E-state index contributed by atoms with van der Waals surface area (Å²) < 4.78 is 11.6. The second-order valence-electron chi connectivity index (χ2n) is 6.92. The largest absolute Gasteiger partial charge is 0.485 e. The Morgan fingerprint density at radius 1 is 0.964 bits per heavy atom. The molecule has 1 fully saturated rings. The zero-order valence-electron chi connectivity index (χ0n) is 15.9. The van der Waals surface area contributed by atoms with Gasteiger partial charge in [0, 0.05) is 19.0 Å². The third-order valence-electron chi connectivity index (χ3n) is 4.82. The van der Waals surface area contributed by atoms with Gasteiger partial charge in [0.1, 0.15) is 6.61 Å². The number of hydrogen-bond donors (Lipinski definition) is 1. The Morgan fingerprint density at radius 2 is 1.64 bits per heavy atom. The summed E-state index contributed by atoms with van der Waals surface area (Å²) in [5.41, 5.74) is 6.38. The first-order valence-electron chi connectivity index (χ1n) is 9.60. The lowest BCUT2D eigenvalue weighted by molar-refractivity contribution is -0.138. The number of benzene rings is 2. The van der Waals surface area contributed by atoms with E-state index >= 15 is 0 Å². The van der Waals surface area contributed by atoms with Gasteiger partial charge in [-0.15, -0.1) is 0 Å². The number of para-hydroxylation sites is 2. The molecule has 6 nitrogen and oxygen atoms in total. The van der Waals surface area contributed by atoms with Crippen molar-refractivity contribution in [1.82, 2.24) is 4.90 Å². The van der Waals surface area contributed by atoms with Crippen molar-refractivity contribution in [2.45, 2.75) is 38.3 Å². The maximum Gasteiger partial charge on any atom is 0.260 e. The standard InChI is InChI=1S/C22H26N2O4/c23-21(25)14-18-10-6-7-13-24(18)22(26)16-28-20-12-5-4-11-19(20)27-15-17-8-2-1-3-9-17/h1-5,8-9,11-12,18H,6-7,10,13-16H2,(H2,23,25). The predicted molar refractivity (Wildman–Crippen MR) is 106 cm³/mol. The van der Waals surface area contributed by atoms with Crippen molar-refractivity contribution in [3.63, 3.8) is 0 Å². The summed E-state index contributed by atoms with van der Waals surface area (Å²) in [6, 6.07) is 17.0.